The second kappa shape index (κ2) is 7.56. The SMILES string of the molecule is COCCN1CCC[C@@]2(CCN(C(=O)CCn3nccc3C)C2)C1=O. The first kappa shape index (κ1) is 17.9. The van der Waals surface area contributed by atoms with E-state index in [2.05, 4.69) is 5.10 Å². The van der Waals surface area contributed by atoms with Crippen LogP contribution in [0.5, 0.6) is 0 Å². The highest BCUT2D eigenvalue weighted by Gasteiger charge is 2.49. The molecule has 2 fully saturated rings. The first-order chi connectivity index (χ1) is 12.1. The molecule has 3 heterocycles. The van der Waals surface area contributed by atoms with Crippen molar-refractivity contribution in [1.82, 2.24) is 19.6 Å². The fourth-order valence-electron chi connectivity index (χ4n) is 4.02. The number of amides is 2. The first-order valence-electron chi connectivity index (χ1n) is 9.10. The van der Waals surface area contributed by atoms with Crippen molar-refractivity contribution in [3.05, 3.63) is 18.0 Å². The van der Waals surface area contributed by atoms with Crippen LogP contribution in [0.15, 0.2) is 12.3 Å². The van der Waals surface area contributed by atoms with Crippen molar-refractivity contribution in [2.24, 2.45) is 5.41 Å². The quantitative estimate of drug-likeness (QED) is 0.771. The van der Waals surface area contributed by atoms with Gasteiger partial charge in [-0.25, -0.2) is 0 Å². The van der Waals surface area contributed by atoms with Gasteiger partial charge in [0.1, 0.15) is 0 Å². The summed E-state index contributed by atoms with van der Waals surface area (Å²) in [6, 6.07) is 1.94. The van der Waals surface area contributed by atoms with Crippen molar-refractivity contribution in [2.45, 2.75) is 39.2 Å². The van der Waals surface area contributed by atoms with Crippen molar-refractivity contribution >= 4 is 11.8 Å². The molecule has 2 aliphatic rings. The summed E-state index contributed by atoms with van der Waals surface area (Å²) in [7, 11) is 1.65. The van der Waals surface area contributed by atoms with Crippen LogP contribution in [0.2, 0.25) is 0 Å². The van der Waals surface area contributed by atoms with Gasteiger partial charge >= 0.3 is 0 Å². The molecule has 3 rings (SSSR count). The van der Waals surface area contributed by atoms with E-state index in [0.717, 1.165) is 31.5 Å². The minimum Gasteiger partial charge on any atom is -0.383 e. The third-order valence-electron chi connectivity index (χ3n) is 5.56. The highest BCUT2D eigenvalue weighted by atomic mass is 16.5. The summed E-state index contributed by atoms with van der Waals surface area (Å²) in [4.78, 5) is 29.3. The number of hydrogen-bond acceptors (Lipinski definition) is 4. The van der Waals surface area contributed by atoms with Gasteiger partial charge in [-0.3, -0.25) is 14.3 Å². The summed E-state index contributed by atoms with van der Waals surface area (Å²) in [5.74, 6) is 0.322. The predicted octanol–water partition coefficient (Wildman–Crippen LogP) is 1.07. The van der Waals surface area contributed by atoms with E-state index in [4.69, 9.17) is 4.74 Å². The molecule has 0 bridgehead atoms. The van der Waals surface area contributed by atoms with Gasteiger partial charge in [0, 0.05) is 58.1 Å². The lowest BCUT2D eigenvalue weighted by Crippen LogP contribution is -2.51. The van der Waals surface area contributed by atoms with Crippen molar-refractivity contribution in [2.75, 3.05) is 39.9 Å². The van der Waals surface area contributed by atoms with Crippen LogP contribution in [0.4, 0.5) is 0 Å². The lowest BCUT2D eigenvalue weighted by molar-refractivity contribution is -0.146. The zero-order valence-corrected chi connectivity index (χ0v) is 15.2. The van der Waals surface area contributed by atoms with Crippen LogP contribution in [0.3, 0.4) is 0 Å². The van der Waals surface area contributed by atoms with Gasteiger partial charge in [0.2, 0.25) is 11.8 Å². The number of nitrogens with zero attached hydrogens (tertiary/aromatic N) is 4. The van der Waals surface area contributed by atoms with E-state index in [1.165, 1.54) is 0 Å². The van der Waals surface area contributed by atoms with Crippen LogP contribution in [0.25, 0.3) is 0 Å². The first-order valence-corrected chi connectivity index (χ1v) is 9.10. The Hall–Kier alpha value is -1.89. The smallest absolute Gasteiger partial charge is 0.230 e. The molecule has 0 aliphatic carbocycles. The normalized spacial score (nSPS) is 23.7. The van der Waals surface area contributed by atoms with Gasteiger partial charge in [-0.1, -0.05) is 0 Å². The molecule has 25 heavy (non-hydrogen) atoms. The molecule has 0 N–H and O–H groups in total. The zero-order valence-electron chi connectivity index (χ0n) is 15.2. The van der Waals surface area contributed by atoms with E-state index in [0.29, 0.717) is 39.2 Å². The largest absolute Gasteiger partial charge is 0.383 e. The minimum absolute atomic E-state index is 0.119. The van der Waals surface area contributed by atoms with Gasteiger partial charge in [-0.2, -0.15) is 5.10 Å². The second-order valence-corrected chi connectivity index (χ2v) is 7.18. The van der Waals surface area contributed by atoms with Gasteiger partial charge in [-0.05, 0) is 32.3 Å². The molecule has 1 aromatic heterocycles. The van der Waals surface area contributed by atoms with E-state index < -0.39 is 0 Å². The number of ether oxygens (including phenoxy) is 1. The fourth-order valence-corrected chi connectivity index (χ4v) is 4.02. The minimum atomic E-state index is -0.372. The van der Waals surface area contributed by atoms with Gasteiger partial charge in [-0.15, -0.1) is 0 Å². The molecule has 1 spiro atoms. The Balaban J connectivity index is 1.57. The van der Waals surface area contributed by atoms with Gasteiger partial charge in [0.15, 0.2) is 0 Å². The van der Waals surface area contributed by atoms with Gasteiger partial charge in [0.05, 0.1) is 12.0 Å². The Kier molecular flexibility index (Phi) is 5.42. The third kappa shape index (κ3) is 3.71. The van der Waals surface area contributed by atoms with Crippen LogP contribution in [0, 0.1) is 12.3 Å². The van der Waals surface area contributed by atoms with E-state index in [1.807, 2.05) is 27.5 Å². The molecule has 138 valence electrons. The molecule has 1 atom stereocenters. The van der Waals surface area contributed by atoms with E-state index in [9.17, 15) is 9.59 Å². The Morgan fingerprint density at radius 3 is 2.88 bits per heavy atom. The molecule has 2 aliphatic heterocycles. The number of aromatic nitrogens is 2. The third-order valence-corrected chi connectivity index (χ3v) is 5.56. The van der Waals surface area contributed by atoms with Gasteiger partial charge in [0.25, 0.3) is 0 Å². The standard InChI is InChI=1S/C18H28N4O3/c1-15-4-8-19-22(15)10-5-16(23)21-11-7-18(14-21)6-3-9-20(17(18)24)12-13-25-2/h4,8H,3,5-7,9-14H2,1-2H3/t18-/m0/s1. The maximum absolute atomic E-state index is 12.9. The molecule has 0 saturated carbocycles. The Bertz CT molecular complexity index is 630. The maximum Gasteiger partial charge on any atom is 0.230 e. The zero-order chi connectivity index (χ0) is 17.9. The molecule has 7 nitrogen and oxygen atoms in total. The number of likely N-dealkylation sites (tertiary alicyclic amines) is 2. The summed E-state index contributed by atoms with van der Waals surface area (Å²) < 4.78 is 6.96. The molecule has 2 amide bonds. The monoisotopic (exact) mass is 348 g/mol. The lowest BCUT2D eigenvalue weighted by Gasteiger charge is -2.39. The number of piperidine rings is 1. The van der Waals surface area contributed by atoms with Crippen LogP contribution in [-0.4, -0.2) is 71.3 Å². The highest BCUT2D eigenvalue weighted by Crippen LogP contribution is 2.40. The van der Waals surface area contributed by atoms with Crippen LogP contribution in [-0.2, 0) is 20.9 Å². The van der Waals surface area contributed by atoms with Gasteiger partial charge < -0.3 is 14.5 Å². The number of methoxy groups -OCH3 is 1. The Morgan fingerprint density at radius 1 is 1.32 bits per heavy atom. The summed E-state index contributed by atoms with van der Waals surface area (Å²) in [6.07, 6.45) is 4.85. The number of aryl methyl sites for hydroxylation is 2. The summed E-state index contributed by atoms with van der Waals surface area (Å²) in [5.41, 5.74) is 0.686. The van der Waals surface area contributed by atoms with E-state index in [1.54, 1.807) is 13.3 Å². The lowest BCUT2D eigenvalue weighted by atomic mass is 9.78. The number of carbonyl (C=O) groups is 2. The fraction of sp³-hybridized carbons (Fsp3) is 0.722. The molecule has 1 aromatic rings. The number of hydrogen-bond donors (Lipinski definition) is 0. The van der Waals surface area contributed by atoms with Crippen LogP contribution >= 0.6 is 0 Å². The summed E-state index contributed by atoms with van der Waals surface area (Å²) in [5, 5.41) is 4.22. The topological polar surface area (TPSA) is 67.7 Å². The molecule has 0 unspecified atom stereocenters. The number of rotatable bonds is 6. The Labute approximate surface area is 148 Å². The molecule has 0 aromatic carbocycles. The Morgan fingerprint density at radius 2 is 2.16 bits per heavy atom. The second-order valence-electron chi connectivity index (χ2n) is 7.18. The highest BCUT2D eigenvalue weighted by molar-refractivity contribution is 5.86. The van der Waals surface area contributed by atoms with Crippen LogP contribution in [0.1, 0.15) is 31.4 Å². The van der Waals surface area contributed by atoms with E-state index >= 15 is 0 Å². The summed E-state index contributed by atoms with van der Waals surface area (Å²) in [6.45, 7) is 5.83. The molecule has 2 saturated heterocycles. The average Bonchev–Trinajstić information content (AvgIpc) is 3.21. The van der Waals surface area contributed by atoms with Crippen molar-refractivity contribution in [3.8, 4) is 0 Å². The van der Waals surface area contributed by atoms with E-state index in [-0.39, 0.29) is 17.2 Å². The molecular weight excluding hydrogens is 320 g/mol. The number of carbonyl (C=O) groups excluding carboxylic acids is 2. The summed E-state index contributed by atoms with van der Waals surface area (Å²) >= 11 is 0. The molecule has 0 radical (unpaired) electrons. The molecule has 7 heteroatoms. The van der Waals surface area contributed by atoms with Crippen LogP contribution < -0.4 is 0 Å². The van der Waals surface area contributed by atoms with Crippen molar-refractivity contribution in [3.63, 3.8) is 0 Å². The predicted molar refractivity (Wildman–Crippen MR) is 92.9 cm³/mol. The average molecular weight is 348 g/mol. The molecular formula is C18H28N4O3. The maximum atomic E-state index is 12.9. The van der Waals surface area contributed by atoms with Crippen molar-refractivity contribution < 1.29 is 14.3 Å². The van der Waals surface area contributed by atoms with Crippen molar-refractivity contribution in [1.29, 1.82) is 0 Å².